The summed E-state index contributed by atoms with van der Waals surface area (Å²) < 4.78 is 27.0. The Morgan fingerprint density at radius 2 is 1.85 bits per heavy atom. The van der Waals surface area contributed by atoms with Gasteiger partial charge < -0.3 is 0 Å². The van der Waals surface area contributed by atoms with Crippen molar-refractivity contribution in [3.63, 3.8) is 0 Å². The maximum atomic E-state index is 12.8. The SMILES string of the molecule is Cc1cnc(CCC(=O)C2CCN(S(=O)(=O)c3cc(Cl)cc(Cl)c3)CC2)s1. The number of ketones is 1. The van der Waals surface area contributed by atoms with Gasteiger partial charge in [0.15, 0.2) is 0 Å². The number of piperidine rings is 1. The largest absolute Gasteiger partial charge is 0.299 e. The second-order valence-electron chi connectivity index (χ2n) is 6.61. The number of benzene rings is 1. The van der Waals surface area contributed by atoms with Crippen LogP contribution in [-0.2, 0) is 21.2 Å². The van der Waals surface area contributed by atoms with Crippen LogP contribution >= 0.6 is 34.5 Å². The molecule has 0 saturated carbocycles. The molecule has 1 aliphatic heterocycles. The number of hydrogen-bond acceptors (Lipinski definition) is 5. The lowest BCUT2D eigenvalue weighted by Gasteiger charge is -2.30. The molecule has 0 aliphatic carbocycles. The van der Waals surface area contributed by atoms with E-state index in [4.69, 9.17) is 23.2 Å². The molecule has 1 fully saturated rings. The first-order chi connectivity index (χ1) is 12.8. The summed E-state index contributed by atoms with van der Waals surface area (Å²) in [5.74, 6) is 0.0890. The van der Waals surface area contributed by atoms with Gasteiger partial charge >= 0.3 is 0 Å². The summed E-state index contributed by atoms with van der Waals surface area (Å²) in [5.41, 5.74) is 0. The monoisotopic (exact) mass is 446 g/mol. The summed E-state index contributed by atoms with van der Waals surface area (Å²) in [6, 6.07) is 4.29. The number of aromatic nitrogens is 1. The normalized spacial score (nSPS) is 16.6. The average Bonchev–Trinajstić information content (AvgIpc) is 3.04. The van der Waals surface area contributed by atoms with E-state index >= 15 is 0 Å². The minimum atomic E-state index is -3.66. The van der Waals surface area contributed by atoms with Gasteiger partial charge in [0, 0.05) is 53.0 Å². The number of thiazole rings is 1. The zero-order valence-corrected chi connectivity index (χ0v) is 18.0. The molecule has 0 radical (unpaired) electrons. The highest BCUT2D eigenvalue weighted by Crippen LogP contribution is 2.28. The number of carbonyl (C=O) groups is 1. The third kappa shape index (κ3) is 5.09. The van der Waals surface area contributed by atoms with E-state index in [-0.39, 0.29) is 26.6 Å². The molecule has 2 aromatic rings. The minimum Gasteiger partial charge on any atom is -0.299 e. The molecule has 27 heavy (non-hydrogen) atoms. The Morgan fingerprint density at radius 1 is 1.22 bits per heavy atom. The first-order valence-corrected chi connectivity index (χ1v) is 11.7. The molecule has 0 bridgehead atoms. The number of halogens is 2. The molecular formula is C18H20Cl2N2O3S2. The second kappa shape index (κ2) is 8.57. The lowest BCUT2D eigenvalue weighted by molar-refractivity contribution is -0.123. The third-order valence-electron chi connectivity index (χ3n) is 4.64. The highest BCUT2D eigenvalue weighted by atomic mass is 35.5. The molecule has 1 saturated heterocycles. The molecule has 0 unspecified atom stereocenters. The van der Waals surface area contributed by atoms with E-state index < -0.39 is 10.0 Å². The topological polar surface area (TPSA) is 67.3 Å². The van der Waals surface area contributed by atoms with Gasteiger partial charge in [0.05, 0.1) is 9.90 Å². The molecule has 5 nitrogen and oxygen atoms in total. The Kier molecular flexibility index (Phi) is 6.58. The van der Waals surface area contributed by atoms with Gasteiger partial charge in [-0.1, -0.05) is 23.2 Å². The zero-order valence-electron chi connectivity index (χ0n) is 14.8. The molecule has 0 spiro atoms. The molecule has 0 atom stereocenters. The Bertz CT molecular complexity index is 916. The summed E-state index contributed by atoms with van der Waals surface area (Å²) in [6.45, 7) is 2.63. The quantitative estimate of drug-likeness (QED) is 0.660. The van der Waals surface area contributed by atoms with Crippen molar-refractivity contribution < 1.29 is 13.2 Å². The van der Waals surface area contributed by atoms with Crippen LogP contribution in [0.25, 0.3) is 0 Å². The third-order valence-corrected chi connectivity index (χ3v) is 7.92. The van der Waals surface area contributed by atoms with E-state index in [9.17, 15) is 13.2 Å². The van der Waals surface area contributed by atoms with Crippen LogP contribution in [0.4, 0.5) is 0 Å². The summed E-state index contributed by atoms with van der Waals surface area (Å²) in [4.78, 5) is 18.0. The van der Waals surface area contributed by atoms with Crippen molar-refractivity contribution in [2.45, 2.75) is 37.5 Å². The van der Waals surface area contributed by atoms with Crippen molar-refractivity contribution in [1.29, 1.82) is 0 Å². The number of rotatable bonds is 6. The Hall–Kier alpha value is -0.990. The Balaban J connectivity index is 1.58. The van der Waals surface area contributed by atoms with Crippen LogP contribution in [0.2, 0.25) is 10.0 Å². The number of aryl methyl sites for hydroxylation is 2. The van der Waals surface area contributed by atoms with Crippen molar-refractivity contribution >= 4 is 50.3 Å². The van der Waals surface area contributed by atoms with Crippen LogP contribution in [0.1, 0.15) is 29.1 Å². The van der Waals surface area contributed by atoms with Crippen LogP contribution in [0.15, 0.2) is 29.3 Å². The first kappa shape index (κ1) is 20.7. The van der Waals surface area contributed by atoms with Gasteiger partial charge in [-0.05, 0) is 38.0 Å². The fraction of sp³-hybridized carbons (Fsp3) is 0.444. The molecule has 1 aromatic heterocycles. The smallest absolute Gasteiger partial charge is 0.243 e. The van der Waals surface area contributed by atoms with E-state index in [2.05, 4.69) is 4.98 Å². The number of hydrogen-bond donors (Lipinski definition) is 0. The standard InChI is InChI=1S/C18H20Cl2N2O3S2/c1-12-11-21-18(26-12)3-2-17(23)13-4-6-22(7-5-13)27(24,25)16-9-14(19)8-15(20)10-16/h8-11,13H,2-7H2,1H3. The average molecular weight is 447 g/mol. The predicted octanol–water partition coefficient (Wildman–Crippen LogP) is 4.36. The number of nitrogens with zero attached hydrogens (tertiary/aromatic N) is 2. The van der Waals surface area contributed by atoms with Crippen molar-refractivity contribution in [2.75, 3.05) is 13.1 Å². The maximum Gasteiger partial charge on any atom is 0.243 e. The molecule has 1 aliphatic rings. The van der Waals surface area contributed by atoms with E-state index in [1.807, 2.05) is 13.1 Å². The highest BCUT2D eigenvalue weighted by Gasteiger charge is 2.32. The van der Waals surface area contributed by atoms with Gasteiger partial charge in [0.2, 0.25) is 10.0 Å². The molecule has 2 heterocycles. The Labute approximate surface area is 173 Å². The second-order valence-corrected chi connectivity index (χ2v) is 10.7. The van der Waals surface area contributed by atoms with Crippen molar-refractivity contribution in [3.8, 4) is 0 Å². The molecule has 1 aromatic carbocycles. The van der Waals surface area contributed by atoms with Crippen LogP contribution < -0.4 is 0 Å². The van der Waals surface area contributed by atoms with Crippen molar-refractivity contribution in [3.05, 3.63) is 44.3 Å². The van der Waals surface area contributed by atoms with Crippen molar-refractivity contribution in [2.24, 2.45) is 5.92 Å². The summed E-state index contributed by atoms with van der Waals surface area (Å²) >= 11 is 13.5. The van der Waals surface area contributed by atoms with Crippen LogP contribution in [0, 0.1) is 12.8 Å². The molecule has 3 rings (SSSR count). The van der Waals surface area contributed by atoms with E-state index in [0.717, 1.165) is 9.88 Å². The molecule has 146 valence electrons. The van der Waals surface area contributed by atoms with Gasteiger partial charge in [-0.15, -0.1) is 11.3 Å². The van der Waals surface area contributed by atoms with Gasteiger partial charge in [0.1, 0.15) is 5.78 Å². The van der Waals surface area contributed by atoms with Gasteiger partial charge in [-0.25, -0.2) is 13.4 Å². The fourth-order valence-electron chi connectivity index (χ4n) is 3.20. The summed E-state index contributed by atoms with van der Waals surface area (Å²) in [7, 11) is -3.66. The fourth-order valence-corrected chi connectivity index (χ4v) is 6.18. The summed E-state index contributed by atoms with van der Waals surface area (Å²) in [5, 5.41) is 1.53. The first-order valence-electron chi connectivity index (χ1n) is 8.66. The molecular weight excluding hydrogens is 427 g/mol. The zero-order chi connectivity index (χ0) is 19.6. The van der Waals surface area contributed by atoms with Crippen LogP contribution in [0.3, 0.4) is 0 Å². The molecule has 9 heteroatoms. The highest BCUT2D eigenvalue weighted by molar-refractivity contribution is 7.89. The minimum absolute atomic E-state index is 0.0870. The summed E-state index contributed by atoms with van der Waals surface area (Å²) in [6.07, 6.45) is 3.98. The Morgan fingerprint density at radius 3 is 2.41 bits per heavy atom. The van der Waals surface area contributed by atoms with Gasteiger partial charge in [0.25, 0.3) is 0 Å². The van der Waals surface area contributed by atoms with Crippen LogP contribution in [0.5, 0.6) is 0 Å². The van der Waals surface area contributed by atoms with Crippen LogP contribution in [-0.4, -0.2) is 36.6 Å². The number of sulfonamides is 1. The molecule has 0 N–H and O–H groups in total. The van der Waals surface area contributed by atoms with Gasteiger partial charge in [-0.3, -0.25) is 4.79 Å². The van der Waals surface area contributed by atoms with E-state index in [0.29, 0.717) is 38.8 Å². The van der Waals surface area contributed by atoms with Crippen molar-refractivity contribution in [1.82, 2.24) is 9.29 Å². The number of carbonyl (C=O) groups excluding carboxylic acids is 1. The van der Waals surface area contributed by atoms with Gasteiger partial charge in [-0.2, -0.15) is 4.31 Å². The maximum absolute atomic E-state index is 12.8. The lowest BCUT2D eigenvalue weighted by Crippen LogP contribution is -2.40. The van der Waals surface area contributed by atoms with E-state index in [1.54, 1.807) is 11.3 Å². The number of Topliss-reactive ketones (excluding diaryl/α,β-unsaturated/α-hetero) is 1. The van der Waals surface area contributed by atoms with E-state index in [1.165, 1.54) is 22.5 Å². The molecule has 0 amide bonds. The lowest BCUT2D eigenvalue weighted by atomic mass is 9.91. The predicted molar refractivity (Wildman–Crippen MR) is 108 cm³/mol.